The topological polar surface area (TPSA) is 101 Å². The van der Waals surface area contributed by atoms with Gasteiger partial charge in [-0.05, 0) is 43.0 Å². The van der Waals surface area contributed by atoms with Crippen molar-refractivity contribution in [1.29, 1.82) is 0 Å². The van der Waals surface area contributed by atoms with Crippen LogP contribution in [0.25, 0.3) is 0 Å². The second-order valence-corrected chi connectivity index (χ2v) is 8.25. The standard InChI is InChI=1S/C19H23N3O3S/c20-16-11-10-14(12-16)19(23)21-13-15-6-4-5-9-18(15)22-26(24,25)17-7-2-1-3-8-17/h1-9,14,16,22H,10-13,20H2,(H,21,23). The summed E-state index contributed by atoms with van der Waals surface area (Å²) in [5.74, 6) is -0.0863. The Hall–Kier alpha value is -2.38. The van der Waals surface area contributed by atoms with Gasteiger partial charge in [-0.3, -0.25) is 9.52 Å². The summed E-state index contributed by atoms with van der Waals surface area (Å²) < 4.78 is 27.7. The Labute approximate surface area is 153 Å². The minimum absolute atomic E-state index is 0.0290. The minimum atomic E-state index is -3.68. The maximum atomic E-state index is 12.5. The van der Waals surface area contributed by atoms with Gasteiger partial charge in [-0.2, -0.15) is 0 Å². The highest BCUT2D eigenvalue weighted by atomic mass is 32.2. The van der Waals surface area contributed by atoms with Gasteiger partial charge in [0.1, 0.15) is 0 Å². The molecule has 1 amide bonds. The van der Waals surface area contributed by atoms with Gasteiger partial charge in [0.2, 0.25) is 5.91 Å². The van der Waals surface area contributed by atoms with E-state index in [0.29, 0.717) is 17.7 Å². The third-order valence-electron chi connectivity index (χ3n) is 4.61. The first-order valence-corrected chi connectivity index (χ1v) is 10.1. The Balaban J connectivity index is 1.69. The molecular weight excluding hydrogens is 350 g/mol. The predicted molar refractivity (Wildman–Crippen MR) is 101 cm³/mol. The molecule has 1 aliphatic carbocycles. The summed E-state index contributed by atoms with van der Waals surface area (Å²) in [6, 6.07) is 15.3. The molecule has 1 saturated carbocycles. The summed E-state index contributed by atoms with van der Waals surface area (Å²) >= 11 is 0. The van der Waals surface area contributed by atoms with Crippen molar-refractivity contribution in [3.8, 4) is 0 Å². The Morgan fingerprint density at radius 1 is 1.04 bits per heavy atom. The van der Waals surface area contributed by atoms with Gasteiger partial charge in [-0.15, -0.1) is 0 Å². The highest BCUT2D eigenvalue weighted by molar-refractivity contribution is 7.92. The summed E-state index contributed by atoms with van der Waals surface area (Å²) in [4.78, 5) is 12.5. The molecule has 26 heavy (non-hydrogen) atoms. The molecule has 0 aromatic heterocycles. The average molecular weight is 373 g/mol. The van der Waals surface area contributed by atoms with E-state index in [-0.39, 0.29) is 29.3 Å². The largest absolute Gasteiger partial charge is 0.352 e. The lowest BCUT2D eigenvalue weighted by atomic mass is 10.1. The minimum Gasteiger partial charge on any atom is -0.352 e. The number of rotatable bonds is 6. The summed E-state index contributed by atoms with van der Waals surface area (Å²) in [5, 5.41) is 2.90. The lowest BCUT2D eigenvalue weighted by molar-refractivity contribution is -0.125. The molecule has 0 radical (unpaired) electrons. The van der Waals surface area contributed by atoms with Gasteiger partial charge in [-0.25, -0.2) is 8.42 Å². The fourth-order valence-electron chi connectivity index (χ4n) is 3.16. The number of carbonyl (C=O) groups is 1. The molecule has 0 saturated heterocycles. The maximum absolute atomic E-state index is 12.5. The van der Waals surface area contributed by atoms with Crippen molar-refractivity contribution < 1.29 is 13.2 Å². The highest BCUT2D eigenvalue weighted by Crippen LogP contribution is 2.25. The summed E-state index contributed by atoms with van der Waals surface area (Å²) in [5.41, 5.74) is 7.03. The lowest BCUT2D eigenvalue weighted by Crippen LogP contribution is -2.30. The highest BCUT2D eigenvalue weighted by Gasteiger charge is 2.27. The molecule has 0 bridgehead atoms. The van der Waals surface area contributed by atoms with E-state index in [1.165, 1.54) is 12.1 Å². The molecule has 0 spiro atoms. The van der Waals surface area contributed by atoms with Crippen molar-refractivity contribution >= 4 is 21.6 Å². The zero-order valence-corrected chi connectivity index (χ0v) is 15.2. The van der Waals surface area contributed by atoms with E-state index in [9.17, 15) is 13.2 Å². The zero-order valence-electron chi connectivity index (χ0n) is 14.4. The van der Waals surface area contributed by atoms with Crippen LogP contribution < -0.4 is 15.8 Å². The average Bonchev–Trinajstić information content (AvgIpc) is 3.08. The Kier molecular flexibility index (Phi) is 5.58. The number of amides is 1. The molecular formula is C19H23N3O3S. The van der Waals surface area contributed by atoms with Gasteiger partial charge in [0.05, 0.1) is 10.6 Å². The monoisotopic (exact) mass is 373 g/mol. The van der Waals surface area contributed by atoms with Crippen LogP contribution >= 0.6 is 0 Å². The Morgan fingerprint density at radius 2 is 1.73 bits per heavy atom. The van der Waals surface area contributed by atoms with Crippen molar-refractivity contribution in [3.63, 3.8) is 0 Å². The number of nitrogens with two attached hydrogens (primary N) is 1. The quantitative estimate of drug-likeness (QED) is 0.723. The van der Waals surface area contributed by atoms with Gasteiger partial charge >= 0.3 is 0 Å². The maximum Gasteiger partial charge on any atom is 0.261 e. The van der Waals surface area contributed by atoms with E-state index in [1.54, 1.807) is 36.4 Å². The normalized spacial score (nSPS) is 19.9. The van der Waals surface area contributed by atoms with Crippen LogP contribution in [0.4, 0.5) is 5.69 Å². The molecule has 3 rings (SSSR count). The number of sulfonamides is 1. The third-order valence-corrected chi connectivity index (χ3v) is 5.99. The van der Waals surface area contributed by atoms with Gasteiger partial charge in [0.25, 0.3) is 10.0 Å². The van der Waals surface area contributed by atoms with Crippen LogP contribution in [-0.4, -0.2) is 20.4 Å². The first-order valence-electron chi connectivity index (χ1n) is 8.65. The molecule has 2 atom stereocenters. The van der Waals surface area contributed by atoms with E-state index in [1.807, 2.05) is 6.07 Å². The number of anilines is 1. The third kappa shape index (κ3) is 4.42. The van der Waals surface area contributed by atoms with Gasteiger partial charge in [-0.1, -0.05) is 36.4 Å². The van der Waals surface area contributed by atoms with Crippen LogP contribution in [0.1, 0.15) is 24.8 Å². The summed E-state index contributed by atoms with van der Waals surface area (Å²) in [6.07, 6.45) is 2.37. The molecule has 2 aromatic rings. The number of nitrogens with one attached hydrogen (secondary N) is 2. The van der Waals surface area contributed by atoms with Gasteiger partial charge in [0.15, 0.2) is 0 Å². The number of benzene rings is 2. The molecule has 1 fully saturated rings. The van der Waals surface area contributed by atoms with Crippen molar-refractivity contribution in [1.82, 2.24) is 5.32 Å². The SMILES string of the molecule is NC1CCC(C(=O)NCc2ccccc2NS(=O)(=O)c2ccccc2)C1. The molecule has 2 aromatic carbocycles. The lowest BCUT2D eigenvalue weighted by Gasteiger charge is -2.15. The Morgan fingerprint density at radius 3 is 2.42 bits per heavy atom. The molecule has 138 valence electrons. The van der Waals surface area contributed by atoms with Crippen LogP contribution in [0.2, 0.25) is 0 Å². The second-order valence-electron chi connectivity index (χ2n) is 6.56. The van der Waals surface area contributed by atoms with Crippen LogP contribution in [0.3, 0.4) is 0 Å². The number of hydrogen-bond acceptors (Lipinski definition) is 4. The van der Waals surface area contributed by atoms with E-state index >= 15 is 0 Å². The van der Waals surface area contributed by atoms with E-state index in [4.69, 9.17) is 5.73 Å². The zero-order chi connectivity index (χ0) is 18.6. The molecule has 6 nitrogen and oxygen atoms in total. The fourth-order valence-corrected chi connectivity index (χ4v) is 4.28. The molecule has 4 N–H and O–H groups in total. The first kappa shape index (κ1) is 18.4. The smallest absolute Gasteiger partial charge is 0.261 e. The molecule has 1 aliphatic rings. The number of hydrogen-bond donors (Lipinski definition) is 3. The molecule has 0 heterocycles. The fraction of sp³-hybridized carbons (Fsp3) is 0.316. The van der Waals surface area contributed by atoms with E-state index in [0.717, 1.165) is 12.8 Å². The van der Waals surface area contributed by atoms with Gasteiger partial charge < -0.3 is 11.1 Å². The van der Waals surface area contributed by atoms with Crippen LogP contribution in [0.15, 0.2) is 59.5 Å². The van der Waals surface area contributed by atoms with Crippen molar-refractivity contribution in [2.75, 3.05) is 4.72 Å². The molecule has 2 unspecified atom stereocenters. The van der Waals surface area contributed by atoms with Crippen LogP contribution in [-0.2, 0) is 21.4 Å². The molecule has 7 heteroatoms. The van der Waals surface area contributed by atoms with E-state index in [2.05, 4.69) is 10.0 Å². The summed E-state index contributed by atoms with van der Waals surface area (Å²) in [6.45, 7) is 0.262. The van der Waals surface area contributed by atoms with Crippen molar-refractivity contribution in [3.05, 3.63) is 60.2 Å². The van der Waals surface area contributed by atoms with Crippen molar-refractivity contribution in [2.24, 2.45) is 11.7 Å². The van der Waals surface area contributed by atoms with Crippen LogP contribution in [0.5, 0.6) is 0 Å². The predicted octanol–water partition coefficient (Wildman–Crippen LogP) is 2.23. The van der Waals surface area contributed by atoms with Gasteiger partial charge in [0, 0.05) is 18.5 Å². The van der Waals surface area contributed by atoms with Crippen molar-refractivity contribution in [2.45, 2.75) is 36.7 Å². The Bertz CT molecular complexity index is 869. The first-order chi connectivity index (χ1) is 12.5. The van der Waals surface area contributed by atoms with E-state index < -0.39 is 10.0 Å². The second kappa shape index (κ2) is 7.88. The summed E-state index contributed by atoms with van der Waals surface area (Å²) in [7, 11) is -3.68. The number of carbonyl (C=O) groups excluding carboxylic acids is 1. The number of para-hydroxylation sites is 1. The molecule has 0 aliphatic heterocycles. The van der Waals surface area contributed by atoms with Crippen LogP contribution in [0, 0.1) is 5.92 Å².